The SMILES string of the molecule is CCc1nn(CCO[Si](C)(C)C(C)(C)C)c(CC)c1Sc1cc(Br)cc(Br)c1. The van der Waals surface area contributed by atoms with E-state index in [9.17, 15) is 0 Å². The van der Waals surface area contributed by atoms with Crippen molar-refractivity contribution in [3.63, 3.8) is 0 Å². The third kappa shape index (κ3) is 5.97. The van der Waals surface area contributed by atoms with E-state index in [1.807, 2.05) is 0 Å². The summed E-state index contributed by atoms with van der Waals surface area (Å²) in [6, 6.07) is 6.38. The number of aromatic nitrogens is 2. The van der Waals surface area contributed by atoms with E-state index >= 15 is 0 Å². The van der Waals surface area contributed by atoms with Gasteiger partial charge in [0, 0.05) is 13.8 Å². The van der Waals surface area contributed by atoms with E-state index in [0.29, 0.717) is 0 Å². The Hall–Kier alpha value is -0.0831. The van der Waals surface area contributed by atoms with Gasteiger partial charge in [-0.2, -0.15) is 5.10 Å². The molecular formula is C21H32Br2N2OSSi. The molecule has 1 aromatic carbocycles. The number of nitrogens with zero attached hydrogens (tertiary/aromatic N) is 2. The van der Waals surface area contributed by atoms with Gasteiger partial charge >= 0.3 is 0 Å². The first-order chi connectivity index (χ1) is 13.0. The molecule has 0 spiro atoms. The van der Waals surface area contributed by atoms with E-state index < -0.39 is 8.32 Å². The van der Waals surface area contributed by atoms with Gasteiger partial charge in [-0.3, -0.25) is 4.68 Å². The van der Waals surface area contributed by atoms with Crippen molar-refractivity contribution in [3.05, 3.63) is 38.5 Å². The Labute approximate surface area is 192 Å². The van der Waals surface area contributed by atoms with Crippen molar-refractivity contribution < 1.29 is 4.43 Å². The molecule has 0 N–H and O–H groups in total. The Morgan fingerprint density at radius 2 is 1.68 bits per heavy atom. The zero-order valence-corrected chi connectivity index (χ0v) is 23.0. The maximum absolute atomic E-state index is 6.39. The second-order valence-electron chi connectivity index (χ2n) is 8.47. The topological polar surface area (TPSA) is 27.1 Å². The van der Waals surface area contributed by atoms with Gasteiger partial charge in [-0.05, 0) is 49.2 Å². The van der Waals surface area contributed by atoms with Crippen molar-refractivity contribution in [2.45, 2.75) is 81.9 Å². The molecule has 0 aliphatic carbocycles. The third-order valence-electron chi connectivity index (χ3n) is 5.38. The fourth-order valence-corrected chi connectivity index (χ4v) is 6.63. The van der Waals surface area contributed by atoms with Gasteiger partial charge in [0.1, 0.15) is 0 Å². The zero-order chi connectivity index (χ0) is 21.1. The highest BCUT2D eigenvalue weighted by Crippen LogP contribution is 2.38. The van der Waals surface area contributed by atoms with Crippen LogP contribution in [0.3, 0.4) is 0 Å². The molecule has 3 nitrogen and oxygen atoms in total. The Morgan fingerprint density at radius 3 is 2.18 bits per heavy atom. The number of hydrogen-bond acceptors (Lipinski definition) is 3. The molecule has 1 aromatic heterocycles. The quantitative estimate of drug-likeness (QED) is 0.317. The standard InChI is InChI=1S/C21H32Br2N2OSSi/c1-8-18-20(27-17-13-15(22)12-16(23)14-17)19(9-2)25(24-18)10-11-26-28(6,7)21(3,4)5/h12-14H,8-11H2,1-7H3. The maximum Gasteiger partial charge on any atom is 0.192 e. The van der Waals surface area contributed by atoms with E-state index in [4.69, 9.17) is 9.52 Å². The van der Waals surface area contributed by atoms with Crippen LogP contribution in [-0.2, 0) is 23.8 Å². The van der Waals surface area contributed by atoms with Crippen molar-refractivity contribution in [2.24, 2.45) is 0 Å². The van der Waals surface area contributed by atoms with Gasteiger partial charge in [-0.25, -0.2) is 0 Å². The molecule has 0 radical (unpaired) electrons. The average Bonchev–Trinajstić information content (AvgIpc) is 2.89. The Kier molecular flexibility index (Phi) is 8.48. The summed E-state index contributed by atoms with van der Waals surface area (Å²) in [5.41, 5.74) is 2.47. The molecule has 0 saturated heterocycles. The molecule has 0 bridgehead atoms. The normalized spacial score (nSPS) is 12.6. The smallest absolute Gasteiger partial charge is 0.192 e. The molecule has 156 valence electrons. The number of halogens is 2. The lowest BCUT2D eigenvalue weighted by Gasteiger charge is -2.36. The molecular weight excluding hydrogens is 516 g/mol. The minimum atomic E-state index is -1.73. The molecule has 7 heteroatoms. The van der Waals surface area contributed by atoms with Crippen LogP contribution in [0.25, 0.3) is 0 Å². The molecule has 0 amide bonds. The summed E-state index contributed by atoms with van der Waals surface area (Å²) >= 11 is 9.00. The Morgan fingerprint density at radius 1 is 1.07 bits per heavy atom. The van der Waals surface area contributed by atoms with Crippen molar-refractivity contribution >= 4 is 51.9 Å². The maximum atomic E-state index is 6.39. The summed E-state index contributed by atoms with van der Waals surface area (Å²) < 4.78 is 10.7. The Balaban J connectivity index is 2.23. The van der Waals surface area contributed by atoms with E-state index in [1.54, 1.807) is 11.8 Å². The zero-order valence-electron chi connectivity index (χ0n) is 18.0. The van der Waals surface area contributed by atoms with Crippen molar-refractivity contribution in [2.75, 3.05) is 6.61 Å². The lowest BCUT2D eigenvalue weighted by molar-refractivity contribution is 0.264. The van der Waals surface area contributed by atoms with Crippen LogP contribution >= 0.6 is 43.6 Å². The minimum absolute atomic E-state index is 0.231. The van der Waals surface area contributed by atoms with Crippen LogP contribution in [0, 0.1) is 0 Å². The number of hydrogen-bond donors (Lipinski definition) is 0. The van der Waals surface area contributed by atoms with Crippen molar-refractivity contribution in [3.8, 4) is 0 Å². The largest absolute Gasteiger partial charge is 0.415 e. The predicted octanol–water partition coefficient (Wildman–Crippen LogP) is 7.71. The summed E-state index contributed by atoms with van der Waals surface area (Å²) in [6.07, 6.45) is 1.89. The molecule has 28 heavy (non-hydrogen) atoms. The molecule has 0 unspecified atom stereocenters. The number of aryl methyl sites for hydroxylation is 1. The average molecular weight is 548 g/mol. The number of rotatable bonds is 8. The monoisotopic (exact) mass is 546 g/mol. The fourth-order valence-electron chi connectivity index (χ4n) is 2.72. The minimum Gasteiger partial charge on any atom is -0.415 e. The van der Waals surface area contributed by atoms with Crippen LogP contribution in [0.5, 0.6) is 0 Å². The fraction of sp³-hybridized carbons (Fsp3) is 0.571. The molecule has 2 aromatic rings. The molecule has 0 aliphatic heterocycles. The van der Waals surface area contributed by atoms with Crippen LogP contribution in [0.2, 0.25) is 18.1 Å². The molecule has 2 rings (SSSR count). The molecule has 0 atom stereocenters. The molecule has 1 heterocycles. The second-order valence-corrected chi connectivity index (χ2v) is 16.2. The van der Waals surface area contributed by atoms with E-state index in [-0.39, 0.29) is 5.04 Å². The van der Waals surface area contributed by atoms with Crippen LogP contribution in [0.1, 0.15) is 46.0 Å². The van der Waals surface area contributed by atoms with Gasteiger partial charge in [-0.1, -0.05) is 78.2 Å². The summed E-state index contributed by atoms with van der Waals surface area (Å²) in [5.74, 6) is 0. The van der Waals surface area contributed by atoms with Gasteiger partial charge < -0.3 is 4.43 Å². The third-order valence-corrected chi connectivity index (χ3v) is 12.0. The first kappa shape index (κ1) is 24.2. The van der Waals surface area contributed by atoms with E-state index in [0.717, 1.165) is 34.9 Å². The van der Waals surface area contributed by atoms with Crippen LogP contribution < -0.4 is 0 Å². The van der Waals surface area contributed by atoms with Crippen LogP contribution in [0.15, 0.2) is 36.9 Å². The van der Waals surface area contributed by atoms with Gasteiger partial charge in [0.25, 0.3) is 0 Å². The van der Waals surface area contributed by atoms with Crippen molar-refractivity contribution in [1.29, 1.82) is 0 Å². The highest BCUT2D eigenvalue weighted by atomic mass is 79.9. The second kappa shape index (κ2) is 9.82. The molecule has 0 saturated carbocycles. The summed E-state index contributed by atoms with van der Waals surface area (Å²) in [7, 11) is -1.73. The van der Waals surface area contributed by atoms with E-state index in [1.165, 1.54) is 21.2 Å². The highest BCUT2D eigenvalue weighted by molar-refractivity contribution is 9.11. The first-order valence-corrected chi connectivity index (χ1v) is 15.2. The van der Waals surface area contributed by atoms with Crippen LogP contribution in [-0.4, -0.2) is 24.7 Å². The Bertz CT molecular complexity index is 795. The summed E-state index contributed by atoms with van der Waals surface area (Å²) in [6.45, 7) is 17.4. The highest BCUT2D eigenvalue weighted by Gasteiger charge is 2.37. The van der Waals surface area contributed by atoms with Gasteiger partial charge in [0.05, 0.1) is 29.4 Å². The number of benzene rings is 1. The van der Waals surface area contributed by atoms with Crippen LogP contribution in [0.4, 0.5) is 0 Å². The van der Waals surface area contributed by atoms with Gasteiger partial charge in [0.15, 0.2) is 8.32 Å². The molecule has 0 fully saturated rings. The van der Waals surface area contributed by atoms with Gasteiger partial charge in [0.2, 0.25) is 0 Å². The lowest BCUT2D eigenvalue weighted by atomic mass is 10.2. The predicted molar refractivity (Wildman–Crippen MR) is 130 cm³/mol. The molecule has 0 aliphatic rings. The van der Waals surface area contributed by atoms with E-state index in [2.05, 4.69) is 102 Å². The van der Waals surface area contributed by atoms with Crippen molar-refractivity contribution in [1.82, 2.24) is 9.78 Å². The van der Waals surface area contributed by atoms with Gasteiger partial charge in [-0.15, -0.1) is 0 Å². The summed E-state index contributed by atoms with van der Waals surface area (Å²) in [4.78, 5) is 2.50. The first-order valence-electron chi connectivity index (χ1n) is 9.85. The summed E-state index contributed by atoms with van der Waals surface area (Å²) in [5, 5.41) is 5.16. The lowest BCUT2D eigenvalue weighted by Crippen LogP contribution is -2.41.